The molecular formula is C8H10N6OS. The summed E-state index contributed by atoms with van der Waals surface area (Å²) in [6.07, 6.45) is 3.09. The van der Waals surface area contributed by atoms with E-state index in [2.05, 4.69) is 25.7 Å². The van der Waals surface area contributed by atoms with Crippen LogP contribution < -0.4 is 21.5 Å². The molecule has 0 saturated carbocycles. The number of hydrazine groups is 1. The summed E-state index contributed by atoms with van der Waals surface area (Å²) in [6.45, 7) is 0.488. The van der Waals surface area contributed by atoms with Crippen LogP contribution in [0.5, 0.6) is 0 Å². The minimum Gasteiger partial charge on any atom is -0.363 e. The molecule has 0 atom stereocenters. The molecule has 0 saturated heterocycles. The fourth-order valence-electron chi connectivity index (χ4n) is 1.11. The third-order valence-electron chi connectivity index (χ3n) is 1.81. The highest BCUT2D eigenvalue weighted by Crippen LogP contribution is 2.06. The van der Waals surface area contributed by atoms with E-state index in [1.54, 1.807) is 11.6 Å². The van der Waals surface area contributed by atoms with E-state index in [0.717, 1.165) is 17.0 Å². The zero-order chi connectivity index (χ0) is 11.4. The Bertz CT molecular complexity index is 521. The van der Waals surface area contributed by atoms with Gasteiger partial charge in [-0.2, -0.15) is 0 Å². The van der Waals surface area contributed by atoms with E-state index >= 15 is 0 Å². The van der Waals surface area contributed by atoms with Crippen LogP contribution in [0.4, 0.5) is 11.6 Å². The maximum Gasteiger partial charge on any atom is 0.304 e. The Morgan fingerprint density at radius 2 is 2.25 bits per heavy atom. The van der Waals surface area contributed by atoms with Crippen LogP contribution >= 0.6 is 11.3 Å². The lowest BCUT2D eigenvalue weighted by Crippen LogP contribution is -2.10. The van der Waals surface area contributed by atoms with Crippen molar-refractivity contribution >= 4 is 23.0 Å². The zero-order valence-electron chi connectivity index (χ0n) is 8.23. The summed E-state index contributed by atoms with van der Waals surface area (Å²) in [6, 6.07) is 0. The third-order valence-corrected chi connectivity index (χ3v) is 2.53. The molecule has 0 aliphatic heterocycles. The highest BCUT2D eigenvalue weighted by molar-refractivity contribution is 7.07. The Morgan fingerprint density at radius 1 is 1.44 bits per heavy atom. The Hall–Kier alpha value is -1.93. The summed E-state index contributed by atoms with van der Waals surface area (Å²) in [5.74, 6) is 6.26. The van der Waals surface area contributed by atoms with E-state index in [1.165, 1.54) is 6.20 Å². The molecule has 2 heterocycles. The van der Waals surface area contributed by atoms with E-state index in [4.69, 9.17) is 5.84 Å². The van der Waals surface area contributed by atoms with Gasteiger partial charge in [0.2, 0.25) is 0 Å². The molecule has 0 spiro atoms. The molecule has 2 rings (SSSR count). The topological polar surface area (TPSA) is 109 Å². The molecule has 84 valence electrons. The number of H-pyrrole nitrogens is 1. The Labute approximate surface area is 94.7 Å². The fraction of sp³-hybridized carbons (Fsp3) is 0.125. The zero-order valence-corrected chi connectivity index (χ0v) is 9.04. The number of rotatable bonds is 4. The predicted molar refractivity (Wildman–Crippen MR) is 62.1 cm³/mol. The lowest BCUT2D eigenvalue weighted by atomic mass is 10.5. The van der Waals surface area contributed by atoms with Gasteiger partial charge in [0, 0.05) is 11.1 Å². The average molecular weight is 238 g/mol. The van der Waals surface area contributed by atoms with Gasteiger partial charge in [-0.3, -0.25) is 9.78 Å². The standard InChI is InChI=1S/C8H10N6OS/c9-14-7-3-10-2-6(13-7)11-1-5-4-16-8(15)12-5/h2-4H,1,9H2,(H,12,15)(H2,11,13,14). The Kier molecular flexibility index (Phi) is 3.13. The molecule has 0 unspecified atom stereocenters. The number of nitrogens with zero attached hydrogens (tertiary/aromatic N) is 2. The van der Waals surface area contributed by atoms with E-state index in [1.807, 2.05) is 0 Å². The SMILES string of the molecule is NNc1cncc(NCc2csc(=O)[nH]2)n1. The van der Waals surface area contributed by atoms with Gasteiger partial charge in [0.25, 0.3) is 0 Å². The number of aromatic amines is 1. The molecule has 0 fully saturated rings. The van der Waals surface area contributed by atoms with Gasteiger partial charge in [0.15, 0.2) is 5.82 Å². The molecule has 2 aromatic rings. The highest BCUT2D eigenvalue weighted by atomic mass is 32.1. The molecule has 2 aromatic heterocycles. The smallest absolute Gasteiger partial charge is 0.304 e. The van der Waals surface area contributed by atoms with Crippen LogP contribution in [0, 0.1) is 0 Å². The number of nitrogens with two attached hydrogens (primary N) is 1. The van der Waals surface area contributed by atoms with Crippen LogP contribution in [0.1, 0.15) is 5.69 Å². The molecule has 0 aliphatic rings. The van der Waals surface area contributed by atoms with Crippen molar-refractivity contribution in [3.8, 4) is 0 Å². The van der Waals surface area contributed by atoms with E-state index < -0.39 is 0 Å². The number of nitrogen functional groups attached to an aromatic ring is 1. The number of hydrogen-bond acceptors (Lipinski definition) is 7. The van der Waals surface area contributed by atoms with Crippen LogP contribution in [0.15, 0.2) is 22.6 Å². The van der Waals surface area contributed by atoms with E-state index in [0.29, 0.717) is 18.2 Å². The predicted octanol–water partition coefficient (Wildman–Crippen LogP) is 0.124. The summed E-state index contributed by atoms with van der Waals surface area (Å²) in [5, 5.41) is 4.77. The molecule has 0 aromatic carbocycles. The van der Waals surface area contributed by atoms with Gasteiger partial charge in [-0.15, -0.1) is 0 Å². The quantitative estimate of drug-likeness (QED) is 0.445. The Balaban J connectivity index is 2.01. The number of nitrogens with one attached hydrogen (secondary N) is 3. The van der Waals surface area contributed by atoms with Crippen LogP contribution in [0.2, 0.25) is 0 Å². The van der Waals surface area contributed by atoms with Crippen molar-refractivity contribution in [2.24, 2.45) is 5.84 Å². The largest absolute Gasteiger partial charge is 0.363 e. The molecule has 0 aliphatic carbocycles. The van der Waals surface area contributed by atoms with Crippen molar-refractivity contribution in [1.29, 1.82) is 0 Å². The van der Waals surface area contributed by atoms with E-state index in [-0.39, 0.29) is 4.87 Å². The second kappa shape index (κ2) is 4.73. The highest BCUT2D eigenvalue weighted by Gasteiger charge is 1.99. The number of hydrogen-bond donors (Lipinski definition) is 4. The van der Waals surface area contributed by atoms with Crippen LogP contribution in [-0.2, 0) is 6.54 Å². The molecule has 7 nitrogen and oxygen atoms in total. The minimum atomic E-state index is -0.0692. The number of anilines is 2. The lowest BCUT2D eigenvalue weighted by Gasteiger charge is -2.04. The maximum atomic E-state index is 10.9. The lowest BCUT2D eigenvalue weighted by molar-refractivity contribution is 1.03. The normalized spacial score (nSPS) is 10.1. The van der Waals surface area contributed by atoms with Gasteiger partial charge in [-0.25, -0.2) is 10.8 Å². The first-order valence-corrected chi connectivity index (χ1v) is 5.35. The molecule has 16 heavy (non-hydrogen) atoms. The van der Waals surface area contributed by atoms with Gasteiger partial charge in [-0.05, 0) is 0 Å². The molecular weight excluding hydrogens is 228 g/mol. The van der Waals surface area contributed by atoms with Gasteiger partial charge in [-0.1, -0.05) is 11.3 Å². The summed E-state index contributed by atoms with van der Waals surface area (Å²) in [5.41, 5.74) is 3.21. The Morgan fingerprint density at radius 3 is 2.94 bits per heavy atom. The molecule has 0 radical (unpaired) electrons. The van der Waals surface area contributed by atoms with Crippen LogP contribution in [0.3, 0.4) is 0 Å². The third kappa shape index (κ3) is 2.55. The van der Waals surface area contributed by atoms with Crippen molar-refractivity contribution in [1.82, 2.24) is 15.0 Å². The molecule has 0 amide bonds. The first-order chi connectivity index (χ1) is 7.78. The number of thiazole rings is 1. The molecule has 0 bridgehead atoms. The summed E-state index contributed by atoms with van der Waals surface area (Å²) in [4.78, 5) is 21.6. The summed E-state index contributed by atoms with van der Waals surface area (Å²) < 4.78 is 0. The monoisotopic (exact) mass is 238 g/mol. The minimum absolute atomic E-state index is 0.0692. The van der Waals surface area contributed by atoms with Crippen molar-refractivity contribution in [3.05, 3.63) is 33.1 Å². The van der Waals surface area contributed by atoms with Gasteiger partial charge >= 0.3 is 4.87 Å². The first kappa shape index (κ1) is 10.6. The van der Waals surface area contributed by atoms with Gasteiger partial charge in [0.1, 0.15) is 5.82 Å². The molecule has 8 heteroatoms. The van der Waals surface area contributed by atoms with Gasteiger partial charge < -0.3 is 15.7 Å². The van der Waals surface area contributed by atoms with Gasteiger partial charge in [0.05, 0.1) is 18.9 Å². The molecule has 5 N–H and O–H groups in total. The number of aromatic nitrogens is 3. The second-order valence-electron chi connectivity index (χ2n) is 2.96. The second-order valence-corrected chi connectivity index (χ2v) is 3.80. The van der Waals surface area contributed by atoms with Crippen molar-refractivity contribution < 1.29 is 0 Å². The maximum absolute atomic E-state index is 10.9. The summed E-state index contributed by atoms with van der Waals surface area (Å²) >= 11 is 1.13. The van der Waals surface area contributed by atoms with Crippen LogP contribution in [0.25, 0.3) is 0 Å². The van der Waals surface area contributed by atoms with Crippen molar-refractivity contribution in [2.75, 3.05) is 10.7 Å². The average Bonchev–Trinajstić information content (AvgIpc) is 2.73. The van der Waals surface area contributed by atoms with Crippen molar-refractivity contribution in [3.63, 3.8) is 0 Å². The van der Waals surface area contributed by atoms with E-state index in [9.17, 15) is 4.79 Å². The fourth-order valence-corrected chi connectivity index (χ4v) is 1.69. The van der Waals surface area contributed by atoms with Crippen LogP contribution in [-0.4, -0.2) is 15.0 Å². The first-order valence-electron chi connectivity index (χ1n) is 4.47. The van der Waals surface area contributed by atoms with Crippen molar-refractivity contribution in [2.45, 2.75) is 6.54 Å². The summed E-state index contributed by atoms with van der Waals surface area (Å²) in [7, 11) is 0.